The predicted octanol–water partition coefficient (Wildman–Crippen LogP) is 2.50. The third-order valence-corrected chi connectivity index (χ3v) is 3.60. The summed E-state index contributed by atoms with van der Waals surface area (Å²) in [5.74, 6) is 0.172. The SMILES string of the molecule is Cc1ccc(C(=O)CCC(=O)N2CCC2)cc1C. The molecule has 0 atom stereocenters. The molecule has 1 heterocycles. The van der Waals surface area contributed by atoms with Crippen LogP contribution in [-0.2, 0) is 4.79 Å². The molecule has 0 radical (unpaired) electrons. The zero-order valence-electron chi connectivity index (χ0n) is 11.0. The molecule has 1 aliphatic heterocycles. The second-order valence-corrected chi connectivity index (χ2v) is 4.96. The zero-order chi connectivity index (χ0) is 13.1. The van der Waals surface area contributed by atoms with Crippen molar-refractivity contribution in [3.63, 3.8) is 0 Å². The molecule has 0 aromatic heterocycles. The molecule has 0 spiro atoms. The highest BCUT2D eigenvalue weighted by atomic mass is 16.2. The lowest BCUT2D eigenvalue weighted by Gasteiger charge is -2.30. The van der Waals surface area contributed by atoms with E-state index in [4.69, 9.17) is 0 Å². The number of amides is 1. The van der Waals surface area contributed by atoms with Gasteiger partial charge in [0.2, 0.25) is 5.91 Å². The average molecular weight is 245 g/mol. The maximum atomic E-state index is 12.0. The first kappa shape index (κ1) is 12.8. The van der Waals surface area contributed by atoms with Crippen LogP contribution >= 0.6 is 0 Å². The van der Waals surface area contributed by atoms with Gasteiger partial charge in [-0.1, -0.05) is 12.1 Å². The number of aryl methyl sites for hydroxylation is 2. The second-order valence-electron chi connectivity index (χ2n) is 4.96. The minimum Gasteiger partial charge on any atom is -0.343 e. The molecule has 1 fully saturated rings. The zero-order valence-corrected chi connectivity index (χ0v) is 11.0. The number of Topliss-reactive ketones (excluding diaryl/α,β-unsaturated/α-hetero) is 1. The smallest absolute Gasteiger partial charge is 0.223 e. The molecule has 1 aromatic rings. The summed E-state index contributed by atoms with van der Waals surface area (Å²) in [6.45, 7) is 5.74. The van der Waals surface area contributed by atoms with Gasteiger partial charge in [0, 0.05) is 31.5 Å². The number of ketones is 1. The third kappa shape index (κ3) is 2.78. The molecule has 1 saturated heterocycles. The van der Waals surface area contributed by atoms with Crippen molar-refractivity contribution in [2.75, 3.05) is 13.1 Å². The summed E-state index contributed by atoms with van der Waals surface area (Å²) in [6.07, 6.45) is 1.75. The Hall–Kier alpha value is -1.64. The monoisotopic (exact) mass is 245 g/mol. The number of benzene rings is 1. The van der Waals surface area contributed by atoms with Crippen molar-refractivity contribution < 1.29 is 9.59 Å². The molecule has 0 unspecified atom stereocenters. The molecule has 1 aliphatic rings. The number of carbonyl (C=O) groups excluding carboxylic acids is 2. The molecule has 3 heteroatoms. The Labute approximate surface area is 108 Å². The molecular weight excluding hydrogens is 226 g/mol. The summed E-state index contributed by atoms with van der Waals surface area (Å²) in [5.41, 5.74) is 3.02. The standard InChI is InChI=1S/C15H19NO2/c1-11-4-5-13(10-12(11)2)14(17)6-7-15(18)16-8-3-9-16/h4-5,10H,3,6-9H2,1-2H3. The third-order valence-electron chi connectivity index (χ3n) is 3.60. The lowest BCUT2D eigenvalue weighted by molar-refractivity contribution is -0.134. The van der Waals surface area contributed by atoms with Crippen molar-refractivity contribution in [2.45, 2.75) is 33.1 Å². The Morgan fingerprint density at radius 2 is 1.83 bits per heavy atom. The fraction of sp³-hybridized carbons (Fsp3) is 0.467. The van der Waals surface area contributed by atoms with Gasteiger partial charge in [-0.3, -0.25) is 9.59 Å². The van der Waals surface area contributed by atoms with Crippen molar-refractivity contribution in [3.8, 4) is 0 Å². The molecule has 2 rings (SSSR count). The van der Waals surface area contributed by atoms with E-state index >= 15 is 0 Å². The highest BCUT2D eigenvalue weighted by Crippen LogP contribution is 2.14. The molecule has 1 amide bonds. The van der Waals surface area contributed by atoms with E-state index in [1.165, 1.54) is 5.56 Å². The van der Waals surface area contributed by atoms with Gasteiger partial charge in [0.25, 0.3) is 0 Å². The van der Waals surface area contributed by atoms with Crippen LogP contribution in [0.1, 0.15) is 40.7 Å². The Bertz CT molecular complexity index is 475. The van der Waals surface area contributed by atoms with Gasteiger partial charge in [0.15, 0.2) is 5.78 Å². The number of hydrogen-bond donors (Lipinski definition) is 0. The van der Waals surface area contributed by atoms with Crippen LogP contribution in [0.15, 0.2) is 18.2 Å². The fourth-order valence-corrected chi connectivity index (χ4v) is 2.00. The van der Waals surface area contributed by atoms with Crippen LogP contribution in [0.25, 0.3) is 0 Å². The normalized spacial score (nSPS) is 14.2. The lowest BCUT2D eigenvalue weighted by atomic mass is 10.0. The first-order valence-electron chi connectivity index (χ1n) is 6.46. The van der Waals surface area contributed by atoms with Gasteiger partial charge < -0.3 is 4.90 Å². The summed E-state index contributed by atoms with van der Waals surface area (Å²) in [6, 6.07) is 5.71. The Morgan fingerprint density at radius 3 is 2.39 bits per heavy atom. The molecule has 18 heavy (non-hydrogen) atoms. The van der Waals surface area contributed by atoms with E-state index in [-0.39, 0.29) is 11.7 Å². The van der Waals surface area contributed by atoms with Gasteiger partial charge in [-0.2, -0.15) is 0 Å². The molecule has 1 aromatic carbocycles. The largest absolute Gasteiger partial charge is 0.343 e. The van der Waals surface area contributed by atoms with Crippen molar-refractivity contribution in [2.24, 2.45) is 0 Å². The van der Waals surface area contributed by atoms with Crippen LogP contribution in [0.5, 0.6) is 0 Å². The molecule has 0 N–H and O–H groups in total. The van der Waals surface area contributed by atoms with Gasteiger partial charge in [-0.15, -0.1) is 0 Å². The van der Waals surface area contributed by atoms with Crippen molar-refractivity contribution >= 4 is 11.7 Å². The van der Waals surface area contributed by atoms with Crippen LogP contribution < -0.4 is 0 Å². The lowest BCUT2D eigenvalue weighted by Crippen LogP contribution is -2.42. The Balaban J connectivity index is 1.90. The fourth-order valence-electron chi connectivity index (χ4n) is 2.00. The summed E-state index contributed by atoms with van der Waals surface area (Å²) in [7, 11) is 0. The van der Waals surface area contributed by atoms with Gasteiger partial charge in [-0.25, -0.2) is 0 Å². The molecular formula is C15H19NO2. The summed E-state index contributed by atoms with van der Waals surface area (Å²) < 4.78 is 0. The maximum Gasteiger partial charge on any atom is 0.223 e. The first-order valence-corrected chi connectivity index (χ1v) is 6.46. The van der Waals surface area contributed by atoms with Crippen LogP contribution in [0.4, 0.5) is 0 Å². The maximum absolute atomic E-state index is 12.0. The van der Waals surface area contributed by atoms with E-state index in [1.54, 1.807) is 0 Å². The van der Waals surface area contributed by atoms with Crippen LogP contribution in [0, 0.1) is 13.8 Å². The molecule has 0 aliphatic carbocycles. The van der Waals surface area contributed by atoms with Gasteiger partial charge >= 0.3 is 0 Å². The van der Waals surface area contributed by atoms with Gasteiger partial charge in [-0.05, 0) is 37.5 Å². The van der Waals surface area contributed by atoms with Crippen molar-refractivity contribution in [1.82, 2.24) is 4.90 Å². The predicted molar refractivity (Wildman–Crippen MR) is 70.7 cm³/mol. The van der Waals surface area contributed by atoms with Crippen LogP contribution in [0.2, 0.25) is 0 Å². The molecule has 0 bridgehead atoms. The van der Waals surface area contributed by atoms with E-state index in [1.807, 2.05) is 36.9 Å². The van der Waals surface area contributed by atoms with Crippen LogP contribution in [-0.4, -0.2) is 29.7 Å². The van der Waals surface area contributed by atoms with E-state index in [9.17, 15) is 9.59 Å². The highest BCUT2D eigenvalue weighted by molar-refractivity contribution is 5.98. The summed E-state index contributed by atoms with van der Waals surface area (Å²) in [5, 5.41) is 0. The van der Waals surface area contributed by atoms with E-state index in [0.29, 0.717) is 12.8 Å². The second kappa shape index (κ2) is 5.34. The summed E-state index contributed by atoms with van der Waals surface area (Å²) >= 11 is 0. The average Bonchev–Trinajstić information content (AvgIpc) is 2.27. The molecule has 96 valence electrons. The molecule has 0 saturated carbocycles. The number of nitrogens with zero attached hydrogens (tertiary/aromatic N) is 1. The van der Waals surface area contributed by atoms with Crippen molar-refractivity contribution in [3.05, 3.63) is 34.9 Å². The molecule has 3 nitrogen and oxygen atoms in total. The van der Waals surface area contributed by atoms with E-state index in [0.717, 1.165) is 30.6 Å². The quantitative estimate of drug-likeness (QED) is 0.764. The minimum atomic E-state index is 0.0620. The Morgan fingerprint density at radius 1 is 1.11 bits per heavy atom. The van der Waals surface area contributed by atoms with Gasteiger partial charge in [0.05, 0.1) is 0 Å². The number of carbonyl (C=O) groups is 2. The van der Waals surface area contributed by atoms with E-state index < -0.39 is 0 Å². The first-order chi connectivity index (χ1) is 8.58. The van der Waals surface area contributed by atoms with Crippen molar-refractivity contribution in [1.29, 1.82) is 0 Å². The Kier molecular flexibility index (Phi) is 3.80. The topological polar surface area (TPSA) is 37.4 Å². The number of likely N-dealkylation sites (tertiary alicyclic amines) is 1. The van der Waals surface area contributed by atoms with Gasteiger partial charge in [0.1, 0.15) is 0 Å². The van der Waals surface area contributed by atoms with E-state index in [2.05, 4.69) is 0 Å². The number of rotatable bonds is 4. The minimum absolute atomic E-state index is 0.0620. The number of hydrogen-bond acceptors (Lipinski definition) is 2. The van der Waals surface area contributed by atoms with Crippen LogP contribution in [0.3, 0.4) is 0 Å². The summed E-state index contributed by atoms with van der Waals surface area (Å²) in [4.78, 5) is 25.4. The highest BCUT2D eigenvalue weighted by Gasteiger charge is 2.20.